The van der Waals surface area contributed by atoms with Crippen molar-refractivity contribution in [3.63, 3.8) is 0 Å². The highest BCUT2D eigenvalue weighted by atomic mass is 32.1. The first-order valence-corrected chi connectivity index (χ1v) is 7.33. The van der Waals surface area contributed by atoms with E-state index in [1.54, 1.807) is 4.88 Å². The standard InChI is InChI=1S/C13H20N2S/c1-9(10-5-6-10)7-14-8-13-15-11-3-2-4-12(11)16-13/h9-10,14H,2-8H2,1H3. The number of nitrogens with one attached hydrogen (secondary N) is 1. The van der Waals surface area contributed by atoms with E-state index in [0.717, 1.165) is 24.9 Å². The van der Waals surface area contributed by atoms with Crippen LogP contribution in [0, 0.1) is 11.8 Å². The normalized spacial score (nSPS) is 21.1. The fourth-order valence-corrected chi connectivity index (χ4v) is 3.68. The maximum atomic E-state index is 4.70. The lowest BCUT2D eigenvalue weighted by Gasteiger charge is -2.09. The maximum absolute atomic E-state index is 4.70. The molecule has 0 aromatic carbocycles. The number of hydrogen-bond donors (Lipinski definition) is 1. The van der Waals surface area contributed by atoms with E-state index >= 15 is 0 Å². The molecular formula is C13H20N2S. The summed E-state index contributed by atoms with van der Waals surface area (Å²) in [6.45, 7) is 4.51. The second-order valence-electron chi connectivity index (χ2n) is 5.28. The van der Waals surface area contributed by atoms with Gasteiger partial charge in [0, 0.05) is 11.4 Å². The first kappa shape index (κ1) is 10.7. The van der Waals surface area contributed by atoms with E-state index < -0.39 is 0 Å². The zero-order chi connectivity index (χ0) is 11.0. The minimum absolute atomic E-state index is 0.854. The van der Waals surface area contributed by atoms with E-state index in [1.807, 2.05) is 11.3 Å². The summed E-state index contributed by atoms with van der Waals surface area (Å²) in [6, 6.07) is 0. The van der Waals surface area contributed by atoms with Crippen molar-refractivity contribution in [3.05, 3.63) is 15.6 Å². The van der Waals surface area contributed by atoms with E-state index in [9.17, 15) is 0 Å². The van der Waals surface area contributed by atoms with Crippen LogP contribution in [0.2, 0.25) is 0 Å². The van der Waals surface area contributed by atoms with Gasteiger partial charge in [0.15, 0.2) is 0 Å². The third-order valence-corrected chi connectivity index (χ3v) is 4.97. The smallest absolute Gasteiger partial charge is 0.107 e. The molecule has 1 N–H and O–H groups in total. The van der Waals surface area contributed by atoms with Crippen molar-refractivity contribution in [1.82, 2.24) is 10.3 Å². The van der Waals surface area contributed by atoms with E-state index in [-0.39, 0.29) is 0 Å². The van der Waals surface area contributed by atoms with Crippen molar-refractivity contribution in [1.29, 1.82) is 0 Å². The first-order valence-electron chi connectivity index (χ1n) is 6.51. The number of aromatic nitrogens is 1. The van der Waals surface area contributed by atoms with E-state index in [0.29, 0.717) is 0 Å². The van der Waals surface area contributed by atoms with E-state index in [4.69, 9.17) is 4.98 Å². The number of aryl methyl sites for hydroxylation is 2. The number of hydrogen-bond acceptors (Lipinski definition) is 3. The topological polar surface area (TPSA) is 24.9 Å². The van der Waals surface area contributed by atoms with Gasteiger partial charge in [0.25, 0.3) is 0 Å². The van der Waals surface area contributed by atoms with Crippen molar-refractivity contribution >= 4 is 11.3 Å². The lowest BCUT2D eigenvalue weighted by Crippen LogP contribution is -2.21. The summed E-state index contributed by atoms with van der Waals surface area (Å²) in [5.41, 5.74) is 1.39. The van der Waals surface area contributed by atoms with Crippen molar-refractivity contribution in [2.45, 2.75) is 45.6 Å². The van der Waals surface area contributed by atoms with Crippen LogP contribution in [0.3, 0.4) is 0 Å². The molecule has 16 heavy (non-hydrogen) atoms. The molecule has 1 saturated carbocycles. The van der Waals surface area contributed by atoms with Gasteiger partial charge >= 0.3 is 0 Å². The molecule has 0 amide bonds. The van der Waals surface area contributed by atoms with Gasteiger partial charge in [-0.2, -0.15) is 0 Å². The molecule has 0 bridgehead atoms. The quantitative estimate of drug-likeness (QED) is 0.850. The predicted molar refractivity (Wildman–Crippen MR) is 67.7 cm³/mol. The number of fused-ring (bicyclic) bond motifs is 1. The molecule has 0 aliphatic heterocycles. The van der Waals surface area contributed by atoms with Crippen LogP contribution in [0.4, 0.5) is 0 Å². The van der Waals surface area contributed by atoms with Gasteiger partial charge in [0.1, 0.15) is 5.01 Å². The summed E-state index contributed by atoms with van der Waals surface area (Å²) >= 11 is 1.92. The Labute approximate surface area is 101 Å². The molecule has 1 aromatic heterocycles. The van der Waals surface area contributed by atoms with Crippen molar-refractivity contribution < 1.29 is 0 Å². The summed E-state index contributed by atoms with van der Waals surface area (Å²) < 4.78 is 0. The highest BCUT2D eigenvalue weighted by Gasteiger charge is 2.27. The van der Waals surface area contributed by atoms with Gasteiger partial charge in [-0.1, -0.05) is 6.92 Å². The van der Waals surface area contributed by atoms with Crippen LogP contribution in [0.15, 0.2) is 0 Å². The van der Waals surface area contributed by atoms with E-state index in [1.165, 1.54) is 42.8 Å². The Morgan fingerprint density at radius 3 is 3.06 bits per heavy atom. The van der Waals surface area contributed by atoms with Gasteiger partial charge < -0.3 is 5.32 Å². The third kappa shape index (κ3) is 2.30. The van der Waals surface area contributed by atoms with Gasteiger partial charge in [-0.15, -0.1) is 11.3 Å². The van der Waals surface area contributed by atoms with Gasteiger partial charge in [-0.25, -0.2) is 4.98 Å². The van der Waals surface area contributed by atoms with Crippen LogP contribution in [-0.2, 0) is 19.4 Å². The molecule has 2 aliphatic carbocycles. The highest BCUT2D eigenvalue weighted by molar-refractivity contribution is 7.11. The van der Waals surface area contributed by atoms with Crippen LogP contribution in [0.1, 0.15) is 41.8 Å². The molecule has 3 rings (SSSR count). The second-order valence-corrected chi connectivity index (χ2v) is 6.44. The molecule has 88 valence electrons. The zero-order valence-corrected chi connectivity index (χ0v) is 10.8. The molecule has 0 saturated heterocycles. The Hall–Kier alpha value is -0.410. The summed E-state index contributed by atoms with van der Waals surface area (Å²) in [5, 5.41) is 4.86. The molecular weight excluding hydrogens is 216 g/mol. The monoisotopic (exact) mass is 236 g/mol. The SMILES string of the molecule is CC(CNCc1nc2c(s1)CCC2)C1CC1. The summed E-state index contributed by atoms with van der Waals surface area (Å²) in [7, 11) is 0. The van der Waals surface area contributed by atoms with Crippen LogP contribution in [0.5, 0.6) is 0 Å². The van der Waals surface area contributed by atoms with Gasteiger partial charge in [-0.3, -0.25) is 0 Å². The molecule has 1 atom stereocenters. The minimum Gasteiger partial charge on any atom is -0.310 e. The Balaban J connectivity index is 1.46. The third-order valence-electron chi connectivity index (χ3n) is 3.81. The average molecular weight is 236 g/mol. The number of thiazole rings is 1. The van der Waals surface area contributed by atoms with Crippen molar-refractivity contribution in [2.75, 3.05) is 6.54 Å². The van der Waals surface area contributed by atoms with Crippen molar-refractivity contribution in [3.8, 4) is 0 Å². The van der Waals surface area contributed by atoms with Gasteiger partial charge in [-0.05, 0) is 50.5 Å². The number of nitrogens with zero attached hydrogens (tertiary/aromatic N) is 1. The molecule has 2 nitrogen and oxygen atoms in total. The molecule has 1 unspecified atom stereocenters. The molecule has 1 fully saturated rings. The molecule has 0 radical (unpaired) electrons. The fraction of sp³-hybridized carbons (Fsp3) is 0.769. The summed E-state index contributed by atoms with van der Waals surface area (Å²) in [5.74, 6) is 1.86. The van der Waals surface area contributed by atoms with Crippen LogP contribution < -0.4 is 5.32 Å². The van der Waals surface area contributed by atoms with E-state index in [2.05, 4.69) is 12.2 Å². The van der Waals surface area contributed by atoms with Crippen LogP contribution in [0.25, 0.3) is 0 Å². The molecule has 1 heterocycles. The highest BCUT2D eigenvalue weighted by Crippen LogP contribution is 2.36. The molecule has 3 heteroatoms. The fourth-order valence-electron chi connectivity index (χ4n) is 2.56. The largest absolute Gasteiger partial charge is 0.310 e. The second kappa shape index (κ2) is 4.46. The van der Waals surface area contributed by atoms with Crippen LogP contribution >= 0.6 is 11.3 Å². The zero-order valence-electron chi connectivity index (χ0n) is 9.96. The minimum atomic E-state index is 0.854. The van der Waals surface area contributed by atoms with Crippen LogP contribution in [-0.4, -0.2) is 11.5 Å². The van der Waals surface area contributed by atoms with Gasteiger partial charge in [0.05, 0.1) is 5.69 Å². The Morgan fingerprint density at radius 2 is 2.31 bits per heavy atom. The average Bonchev–Trinajstić information content (AvgIpc) is 2.91. The molecule has 1 aromatic rings. The lowest BCUT2D eigenvalue weighted by molar-refractivity contribution is 0.461. The summed E-state index contributed by atoms with van der Waals surface area (Å²) in [4.78, 5) is 6.25. The predicted octanol–water partition coefficient (Wildman–Crippen LogP) is 2.77. The maximum Gasteiger partial charge on any atom is 0.107 e. The van der Waals surface area contributed by atoms with Crippen molar-refractivity contribution in [2.24, 2.45) is 11.8 Å². The lowest BCUT2D eigenvalue weighted by atomic mass is 10.1. The Morgan fingerprint density at radius 1 is 1.44 bits per heavy atom. The molecule has 2 aliphatic rings. The Bertz CT molecular complexity index is 347. The number of rotatable bonds is 5. The van der Waals surface area contributed by atoms with Gasteiger partial charge in [0.2, 0.25) is 0 Å². The molecule has 0 spiro atoms. The Kier molecular flexibility index (Phi) is 2.99. The summed E-state index contributed by atoms with van der Waals surface area (Å²) in [6.07, 6.45) is 6.71. The first-order chi connectivity index (χ1) is 7.83.